The van der Waals surface area contributed by atoms with Crippen molar-refractivity contribution >= 4 is 17.6 Å². The Morgan fingerprint density at radius 1 is 1.36 bits per heavy atom. The van der Waals surface area contributed by atoms with Gasteiger partial charge in [-0.15, -0.1) is 0 Å². The van der Waals surface area contributed by atoms with Crippen LogP contribution < -0.4 is 10.6 Å². The maximum Gasteiger partial charge on any atom is 0.409 e. The van der Waals surface area contributed by atoms with Gasteiger partial charge in [-0.05, 0) is 31.4 Å². The van der Waals surface area contributed by atoms with Crippen LogP contribution in [0.1, 0.15) is 32.6 Å². The summed E-state index contributed by atoms with van der Waals surface area (Å²) in [6.07, 6.45) is 5.84. The normalized spacial score (nSPS) is 23.7. The quantitative estimate of drug-likeness (QED) is 0.864. The molecule has 0 spiro atoms. The topological polar surface area (TPSA) is 71.7 Å². The molecule has 22 heavy (non-hydrogen) atoms. The van der Waals surface area contributed by atoms with E-state index in [0.29, 0.717) is 24.5 Å². The van der Waals surface area contributed by atoms with E-state index in [1.54, 1.807) is 0 Å². The molecule has 2 unspecified atom stereocenters. The minimum Gasteiger partial charge on any atom is -0.449 e. The van der Waals surface area contributed by atoms with Crippen LogP contribution in [-0.4, -0.2) is 47.8 Å². The number of hydrogen-bond donors (Lipinski definition) is 1. The van der Waals surface area contributed by atoms with Crippen molar-refractivity contribution in [2.45, 2.75) is 44.7 Å². The SMILES string of the molecule is CCCCOC(=O)N1CC2CCC(C1)N2c1ccc(N)nc1. The molecule has 2 aliphatic rings. The molecule has 0 saturated carbocycles. The second-order valence-corrected chi connectivity index (χ2v) is 6.11. The van der Waals surface area contributed by atoms with Gasteiger partial charge in [0.05, 0.1) is 18.5 Å². The van der Waals surface area contributed by atoms with E-state index >= 15 is 0 Å². The number of ether oxygens (including phenoxy) is 1. The van der Waals surface area contributed by atoms with Crippen LogP contribution >= 0.6 is 0 Å². The minimum atomic E-state index is -0.166. The third kappa shape index (κ3) is 2.96. The molecule has 2 fully saturated rings. The summed E-state index contributed by atoms with van der Waals surface area (Å²) in [6, 6.07) is 4.55. The van der Waals surface area contributed by atoms with Gasteiger partial charge in [0, 0.05) is 25.2 Å². The van der Waals surface area contributed by atoms with Crippen LogP contribution in [0.4, 0.5) is 16.3 Å². The number of amides is 1. The van der Waals surface area contributed by atoms with Crippen LogP contribution in [0.25, 0.3) is 0 Å². The lowest BCUT2D eigenvalue weighted by Gasteiger charge is -2.41. The summed E-state index contributed by atoms with van der Waals surface area (Å²) in [5.74, 6) is 0.536. The van der Waals surface area contributed by atoms with Gasteiger partial charge in [0.15, 0.2) is 0 Å². The molecule has 6 heteroatoms. The van der Waals surface area contributed by atoms with Gasteiger partial charge in [-0.3, -0.25) is 0 Å². The summed E-state index contributed by atoms with van der Waals surface area (Å²) in [4.78, 5) is 20.6. The van der Waals surface area contributed by atoms with Gasteiger partial charge in [0.25, 0.3) is 0 Å². The third-order valence-electron chi connectivity index (χ3n) is 4.53. The number of carbonyl (C=O) groups excluding carboxylic acids is 1. The zero-order valence-electron chi connectivity index (χ0n) is 13.1. The van der Waals surface area contributed by atoms with Crippen molar-refractivity contribution in [2.24, 2.45) is 0 Å². The number of fused-ring (bicyclic) bond motifs is 2. The van der Waals surface area contributed by atoms with Crippen molar-refractivity contribution in [1.29, 1.82) is 0 Å². The summed E-state index contributed by atoms with van der Waals surface area (Å²) in [7, 11) is 0. The van der Waals surface area contributed by atoms with E-state index in [1.807, 2.05) is 23.2 Å². The average molecular weight is 304 g/mol. The lowest BCUT2D eigenvalue weighted by Crippen LogP contribution is -2.55. The van der Waals surface area contributed by atoms with Gasteiger partial charge in [-0.1, -0.05) is 13.3 Å². The molecule has 120 valence electrons. The first-order chi connectivity index (χ1) is 10.7. The number of piperazine rings is 1. The number of carbonyl (C=O) groups is 1. The summed E-state index contributed by atoms with van der Waals surface area (Å²) >= 11 is 0. The van der Waals surface area contributed by atoms with Crippen LogP contribution in [0.3, 0.4) is 0 Å². The molecule has 2 aliphatic heterocycles. The Morgan fingerprint density at radius 3 is 2.68 bits per heavy atom. The number of aromatic nitrogens is 1. The fourth-order valence-electron chi connectivity index (χ4n) is 3.42. The maximum absolute atomic E-state index is 12.1. The largest absolute Gasteiger partial charge is 0.449 e. The number of anilines is 2. The van der Waals surface area contributed by atoms with E-state index in [4.69, 9.17) is 10.5 Å². The Morgan fingerprint density at radius 2 is 2.09 bits per heavy atom. The first kappa shape index (κ1) is 14.9. The number of likely N-dealkylation sites (tertiary alicyclic amines) is 1. The average Bonchev–Trinajstić information content (AvgIpc) is 2.78. The predicted octanol–water partition coefficient (Wildman–Crippen LogP) is 2.25. The van der Waals surface area contributed by atoms with E-state index in [0.717, 1.165) is 44.5 Å². The molecule has 2 atom stereocenters. The molecule has 1 aromatic heterocycles. The highest BCUT2D eigenvalue weighted by Gasteiger charge is 2.41. The highest BCUT2D eigenvalue weighted by atomic mass is 16.6. The van der Waals surface area contributed by atoms with Crippen molar-refractivity contribution in [3.8, 4) is 0 Å². The molecule has 0 radical (unpaired) electrons. The number of rotatable bonds is 4. The number of hydrogen-bond acceptors (Lipinski definition) is 5. The molecule has 2 bridgehead atoms. The molecule has 0 aromatic carbocycles. The Balaban J connectivity index is 1.64. The Labute approximate surface area is 131 Å². The van der Waals surface area contributed by atoms with Gasteiger partial charge in [-0.25, -0.2) is 9.78 Å². The highest BCUT2D eigenvalue weighted by molar-refractivity contribution is 5.68. The molecule has 2 saturated heterocycles. The van der Waals surface area contributed by atoms with Crippen molar-refractivity contribution in [1.82, 2.24) is 9.88 Å². The second kappa shape index (κ2) is 6.42. The highest BCUT2D eigenvalue weighted by Crippen LogP contribution is 2.34. The van der Waals surface area contributed by atoms with Gasteiger partial charge < -0.3 is 20.3 Å². The van der Waals surface area contributed by atoms with E-state index in [-0.39, 0.29) is 6.09 Å². The van der Waals surface area contributed by atoms with Crippen LogP contribution in [0.2, 0.25) is 0 Å². The molecule has 1 amide bonds. The first-order valence-electron chi connectivity index (χ1n) is 8.10. The molecule has 2 N–H and O–H groups in total. The predicted molar refractivity (Wildman–Crippen MR) is 85.8 cm³/mol. The van der Waals surface area contributed by atoms with Crippen molar-refractivity contribution in [3.63, 3.8) is 0 Å². The van der Waals surface area contributed by atoms with Crippen LogP contribution in [0.15, 0.2) is 18.3 Å². The fourth-order valence-corrected chi connectivity index (χ4v) is 3.42. The van der Waals surface area contributed by atoms with E-state index < -0.39 is 0 Å². The van der Waals surface area contributed by atoms with Crippen molar-refractivity contribution < 1.29 is 9.53 Å². The lowest BCUT2D eigenvalue weighted by atomic mass is 10.1. The molecule has 3 heterocycles. The van der Waals surface area contributed by atoms with Crippen LogP contribution in [0, 0.1) is 0 Å². The monoisotopic (exact) mass is 304 g/mol. The fraction of sp³-hybridized carbons (Fsp3) is 0.625. The van der Waals surface area contributed by atoms with Gasteiger partial charge in [0.1, 0.15) is 5.82 Å². The summed E-state index contributed by atoms with van der Waals surface area (Å²) in [5.41, 5.74) is 6.76. The molecule has 6 nitrogen and oxygen atoms in total. The smallest absolute Gasteiger partial charge is 0.409 e. The van der Waals surface area contributed by atoms with Crippen molar-refractivity contribution in [3.05, 3.63) is 18.3 Å². The lowest BCUT2D eigenvalue weighted by molar-refractivity contribution is 0.0927. The van der Waals surface area contributed by atoms with E-state index in [9.17, 15) is 4.79 Å². The molecule has 1 aromatic rings. The molecule has 0 aliphatic carbocycles. The molecule has 3 rings (SSSR count). The molecular weight excluding hydrogens is 280 g/mol. The first-order valence-corrected chi connectivity index (χ1v) is 8.10. The minimum absolute atomic E-state index is 0.166. The molecular formula is C16H24N4O2. The Hall–Kier alpha value is -1.98. The summed E-state index contributed by atoms with van der Waals surface area (Å²) < 4.78 is 5.34. The number of pyridine rings is 1. The zero-order chi connectivity index (χ0) is 15.5. The van der Waals surface area contributed by atoms with Gasteiger partial charge in [0.2, 0.25) is 0 Å². The Kier molecular flexibility index (Phi) is 4.36. The van der Waals surface area contributed by atoms with Gasteiger partial charge in [-0.2, -0.15) is 0 Å². The maximum atomic E-state index is 12.1. The standard InChI is InChI=1S/C16H24N4O2/c1-2-3-8-22-16(21)19-10-13-4-5-14(11-19)20(13)12-6-7-15(17)18-9-12/h6-7,9,13-14H,2-5,8,10-11H2,1H3,(H2,17,18). The van der Waals surface area contributed by atoms with Crippen LogP contribution in [0.5, 0.6) is 0 Å². The third-order valence-corrected chi connectivity index (χ3v) is 4.53. The summed E-state index contributed by atoms with van der Waals surface area (Å²) in [6.45, 7) is 4.07. The van der Waals surface area contributed by atoms with Crippen LogP contribution in [-0.2, 0) is 4.74 Å². The Bertz CT molecular complexity index is 505. The number of unbranched alkanes of at least 4 members (excludes halogenated alkanes) is 1. The number of nitrogens with zero attached hydrogens (tertiary/aromatic N) is 3. The number of nitrogens with two attached hydrogens (primary N) is 1. The summed E-state index contributed by atoms with van der Waals surface area (Å²) in [5, 5.41) is 0. The second-order valence-electron chi connectivity index (χ2n) is 6.11. The van der Waals surface area contributed by atoms with E-state index in [1.165, 1.54) is 0 Å². The number of nitrogen functional groups attached to an aromatic ring is 1. The van der Waals surface area contributed by atoms with E-state index in [2.05, 4.69) is 16.8 Å². The van der Waals surface area contributed by atoms with Crippen molar-refractivity contribution in [2.75, 3.05) is 30.3 Å². The van der Waals surface area contributed by atoms with Gasteiger partial charge >= 0.3 is 6.09 Å². The zero-order valence-corrected chi connectivity index (χ0v) is 13.1.